The quantitative estimate of drug-likeness (QED) is 0.337. The van der Waals surface area contributed by atoms with Crippen LogP contribution in [0.4, 0.5) is 5.82 Å². The van der Waals surface area contributed by atoms with Gasteiger partial charge in [-0.3, -0.25) is 0 Å². The van der Waals surface area contributed by atoms with Gasteiger partial charge in [0, 0.05) is 11.9 Å². The molecule has 0 amide bonds. The number of rotatable bonds is 8. The Bertz CT molecular complexity index is 1020. The zero-order chi connectivity index (χ0) is 20.8. The van der Waals surface area contributed by atoms with E-state index in [1.165, 1.54) is 13.4 Å². The predicted octanol–water partition coefficient (Wildman–Crippen LogP) is 1.86. The molecule has 2 N–H and O–H groups in total. The number of benzene rings is 2. The number of hydrazone groups is 1. The molecule has 0 spiro atoms. The van der Waals surface area contributed by atoms with Crippen molar-refractivity contribution in [1.82, 2.24) is 9.97 Å². The van der Waals surface area contributed by atoms with E-state index in [1.54, 1.807) is 36.5 Å². The maximum Gasteiger partial charge on any atom is 0.707 e. The van der Waals surface area contributed by atoms with Crippen molar-refractivity contribution in [3.05, 3.63) is 48.3 Å². The fourth-order valence-corrected chi connectivity index (χ4v) is 2.82. The summed E-state index contributed by atoms with van der Waals surface area (Å²) < 4.78 is 15.5. The normalized spacial score (nSPS) is 10.9. The molecule has 3 aromatic rings. The van der Waals surface area contributed by atoms with Crippen LogP contribution >= 0.6 is 0 Å². The van der Waals surface area contributed by atoms with Gasteiger partial charge in [0.25, 0.3) is 0 Å². The molecule has 0 radical (unpaired) electrons. The summed E-state index contributed by atoms with van der Waals surface area (Å²) in [5.74, 6) is 1.88. The Morgan fingerprint density at radius 2 is 1.86 bits per heavy atom. The minimum absolute atomic E-state index is 0.209. The lowest BCUT2D eigenvalue weighted by Gasteiger charge is -2.18. The Labute approximate surface area is 168 Å². The fourth-order valence-electron chi connectivity index (χ4n) is 2.82. The smallest absolute Gasteiger partial charge is 0.509 e. The molecule has 0 bridgehead atoms. The maximum absolute atomic E-state index is 8.98. The van der Waals surface area contributed by atoms with Gasteiger partial charge in [-0.15, -0.1) is 0 Å². The summed E-state index contributed by atoms with van der Waals surface area (Å²) in [5, 5.41) is 25.1. The van der Waals surface area contributed by atoms with E-state index in [4.69, 9.17) is 24.2 Å². The summed E-state index contributed by atoms with van der Waals surface area (Å²) in [6.07, 6.45) is 3.13. The van der Waals surface area contributed by atoms with E-state index in [0.29, 0.717) is 29.4 Å². The molecule has 29 heavy (non-hydrogen) atoms. The van der Waals surface area contributed by atoms with Crippen molar-refractivity contribution >= 4 is 30.3 Å². The highest BCUT2D eigenvalue weighted by molar-refractivity contribution is 6.33. The second kappa shape index (κ2) is 9.22. The molecule has 0 aliphatic rings. The van der Waals surface area contributed by atoms with Gasteiger partial charge in [-0.25, -0.2) is 15.0 Å². The van der Waals surface area contributed by atoms with E-state index in [-0.39, 0.29) is 5.75 Å². The van der Waals surface area contributed by atoms with Gasteiger partial charge in [-0.2, -0.15) is 5.10 Å². The summed E-state index contributed by atoms with van der Waals surface area (Å²) in [4.78, 5) is 8.71. The second-order valence-corrected chi connectivity index (χ2v) is 5.87. The predicted molar refractivity (Wildman–Crippen MR) is 111 cm³/mol. The average Bonchev–Trinajstić information content (AvgIpc) is 2.74. The first kappa shape index (κ1) is 20.4. The van der Waals surface area contributed by atoms with E-state index >= 15 is 0 Å². The van der Waals surface area contributed by atoms with E-state index in [2.05, 4.69) is 15.1 Å². The highest BCUT2D eigenvalue weighted by Crippen LogP contribution is 2.30. The lowest BCUT2D eigenvalue weighted by atomic mass is 10.2. The number of methoxy groups -OCH3 is 2. The SMILES string of the molecule is CCN(/N=C/c1ccc(OB(O)O)c(OC)c1)c1ncnc2c(OC)cccc12. The summed E-state index contributed by atoms with van der Waals surface area (Å²) in [6.45, 7) is 2.54. The number of anilines is 1. The molecule has 0 aliphatic carbocycles. The van der Waals surface area contributed by atoms with Crippen molar-refractivity contribution in [2.75, 3.05) is 25.8 Å². The third-order valence-electron chi connectivity index (χ3n) is 4.14. The average molecular weight is 396 g/mol. The molecule has 0 saturated carbocycles. The summed E-state index contributed by atoms with van der Waals surface area (Å²) in [6, 6.07) is 10.6. The maximum atomic E-state index is 8.98. The number of para-hydroxylation sites is 1. The molecule has 1 aromatic heterocycles. The van der Waals surface area contributed by atoms with Crippen LogP contribution in [-0.2, 0) is 0 Å². The van der Waals surface area contributed by atoms with Crippen LogP contribution in [0.5, 0.6) is 17.2 Å². The Kier molecular flexibility index (Phi) is 6.48. The van der Waals surface area contributed by atoms with Crippen molar-refractivity contribution in [3.8, 4) is 17.2 Å². The van der Waals surface area contributed by atoms with Crippen molar-refractivity contribution in [3.63, 3.8) is 0 Å². The van der Waals surface area contributed by atoms with Crippen LogP contribution in [0.3, 0.4) is 0 Å². The van der Waals surface area contributed by atoms with Gasteiger partial charge in [0.05, 0.1) is 20.4 Å². The Morgan fingerprint density at radius 3 is 2.55 bits per heavy atom. The van der Waals surface area contributed by atoms with Crippen molar-refractivity contribution < 1.29 is 24.2 Å². The highest BCUT2D eigenvalue weighted by atomic mass is 16.6. The molecular formula is C19H21BN4O5. The van der Waals surface area contributed by atoms with E-state index < -0.39 is 7.32 Å². The number of ether oxygens (including phenoxy) is 2. The lowest BCUT2D eigenvalue weighted by Crippen LogP contribution is -2.21. The topological polar surface area (TPSA) is 110 Å². The molecule has 10 heteroatoms. The number of fused-ring (bicyclic) bond motifs is 1. The van der Waals surface area contributed by atoms with Gasteiger partial charge in [-0.1, -0.05) is 6.07 Å². The first-order chi connectivity index (χ1) is 14.1. The standard InChI is InChI=1S/C19H21BN4O5/c1-4-24(19-14-6-5-7-16(27-2)18(14)21-12-22-19)23-11-13-8-9-15(29-20(25)26)17(10-13)28-3/h5-12,25-26H,4H2,1-3H3/b23-11+. The Morgan fingerprint density at radius 1 is 1.07 bits per heavy atom. The van der Waals surface area contributed by atoms with Crippen LogP contribution in [-0.4, -0.2) is 54.3 Å². The third-order valence-corrected chi connectivity index (χ3v) is 4.14. The molecular weight excluding hydrogens is 375 g/mol. The molecule has 0 fully saturated rings. The second-order valence-electron chi connectivity index (χ2n) is 5.87. The van der Waals surface area contributed by atoms with Gasteiger partial charge < -0.3 is 24.2 Å². The summed E-state index contributed by atoms with van der Waals surface area (Å²) in [5.41, 5.74) is 1.44. The largest absolute Gasteiger partial charge is 0.707 e. The number of aromatic nitrogens is 2. The van der Waals surface area contributed by atoms with Crippen LogP contribution < -0.4 is 19.1 Å². The van der Waals surface area contributed by atoms with E-state index in [9.17, 15) is 0 Å². The minimum atomic E-state index is -1.93. The van der Waals surface area contributed by atoms with Crippen molar-refractivity contribution in [2.24, 2.45) is 5.10 Å². The first-order valence-electron chi connectivity index (χ1n) is 8.87. The molecule has 150 valence electrons. The van der Waals surface area contributed by atoms with E-state index in [1.807, 2.05) is 25.1 Å². The first-order valence-corrected chi connectivity index (χ1v) is 8.87. The fraction of sp³-hybridized carbons (Fsp3) is 0.211. The van der Waals surface area contributed by atoms with Crippen LogP contribution in [0.25, 0.3) is 10.9 Å². The number of hydrogen-bond acceptors (Lipinski definition) is 9. The van der Waals surface area contributed by atoms with E-state index in [0.717, 1.165) is 10.9 Å². The van der Waals surface area contributed by atoms with Gasteiger partial charge in [0.15, 0.2) is 11.6 Å². The zero-order valence-electron chi connectivity index (χ0n) is 16.3. The van der Waals surface area contributed by atoms with Crippen LogP contribution in [0.2, 0.25) is 0 Å². The van der Waals surface area contributed by atoms with Crippen LogP contribution in [0.15, 0.2) is 47.8 Å². The molecule has 0 unspecified atom stereocenters. The van der Waals surface area contributed by atoms with Gasteiger partial charge in [0.2, 0.25) is 0 Å². The molecule has 0 saturated heterocycles. The van der Waals surface area contributed by atoms with Gasteiger partial charge in [-0.05, 0) is 42.8 Å². The lowest BCUT2D eigenvalue weighted by molar-refractivity contribution is 0.279. The molecule has 9 nitrogen and oxygen atoms in total. The van der Waals surface area contributed by atoms with Crippen molar-refractivity contribution in [1.29, 1.82) is 0 Å². The molecule has 0 aliphatic heterocycles. The molecule has 3 rings (SSSR count). The summed E-state index contributed by atoms with van der Waals surface area (Å²) in [7, 11) is 1.14. The molecule has 0 atom stereocenters. The Balaban J connectivity index is 1.93. The number of hydrogen-bond donors (Lipinski definition) is 2. The molecule has 1 heterocycles. The molecule has 2 aromatic carbocycles. The van der Waals surface area contributed by atoms with Crippen molar-refractivity contribution in [2.45, 2.75) is 6.92 Å². The Hall–Kier alpha value is -3.37. The van der Waals surface area contributed by atoms with Gasteiger partial charge in [0.1, 0.15) is 23.3 Å². The van der Waals surface area contributed by atoms with Gasteiger partial charge >= 0.3 is 7.32 Å². The van der Waals surface area contributed by atoms with Crippen LogP contribution in [0.1, 0.15) is 12.5 Å². The monoisotopic (exact) mass is 396 g/mol. The third kappa shape index (κ3) is 4.56. The van der Waals surface area contributed by atoms with Crippen LogP contribution in [0, 0.1) is 0 Å². The number of nitrogens with zero attached hydrogens (tertiary/aromatic N) is 4. The summed E-state index contributed by atoms with van der Waals surface area (Å²) >= 11 is 0. The highest BCUT2D eigenvalue weighted by Gasteiger charge is 2.15. The minimum Gasteiger partial charge on any atom is -0.509 e. The zero-order valence-corrected chi connectivity index (χ0v) is 16.3.